The molecule has 1 amide bonds. The second kappa shape index (κ2) is 5.84. The summed E-state index contributed by atoms with van der Waals surface area (Å²) in [6, 6.07) is 8.21. The third-order valence-corrected chi connectivity index (χ3v) is 3.05. The standard InChI is InChI=1S/C13H18N2O3/c14-7-12(16)8-18-13(17)15-11-5-9-3-1-2-4-10(9)6-11/h1-4,11-12,16H,5-8,14H2,(H,15,17). The van der Waals surface area contributed by atoms with Gasteiger partial charge in [-0.3, -0.25) is 0 Å². The van der Waals surface area contributed by atoms with E-state index in [0.717, 1.165) is 12.8 Å². The van der Waals surface area contributed by atoms with Gasteiger partial charge < -0.3 is 20.9 Å². The maximum absolute atomic E-state index is 11.5. The molecule has 1 aliphatic carbocycles. The highest BCUT2D eigenvalue weighted by Gasteiger charge is 2.22. The van der Waals surface area contributed by atoms with Crippen molar-refractivity contribution in [3.8, 4) is 0 Å². The molecule has 1 aromatic carbocycles. The molecule has 0 radical (unpaired) electrons. The molecule has 0 aliphatic heterocycles. The van der Waals surface area contributed by atoms with Crippen LogP contribution in [0, 0.1) is 0 Å². The number of aliphatic hydroxyl groups excluding tert-OH is 1. The number of hydrogen-bond acceptors (Lipinski definition) is 4. The summed E-state index contributed by atoms with van der Waals surface area (Å²) in [6.07, 6.45) is 0.354. The Bertz CT molecular complexity index is 397. The monoisotopic (exact) mass is 250 g/mol. The smallest absolute Gasteiger partial charge is 0.407 e. The van der Waals surface area contributed by atoms with E-state index in [1.807, 2.05) is 12.1 Å². The summed E-state index contributed by atoms with van der Waals surface area (Å²) < 4.78 is 4.88. The highest BCUT2D eigenvalue weighted by molar-refractivity contribution is 5.68. The molecule has 0 saturated heterocycles. The van der Waals surface area contributed by atoms with Crippen LogP contribution in [-0.2, 0) is 17.6 Å². The number of rotatable bonds is 4. The molecule has 1 aromatic rings. The van der Waals surface area contributed by atoms with Crippen LogP contribution in [0.25, 0.3) is 0 Å². The van der Waals surface area contributed by atoms with E-state index in [1.54, 1.807) is 0 Å². The molecular formula is C13H18N2O3. The van der Waals surface area contributed by atoms with E-state index in [-0.39, 0.29) is 19.2 Å². The normalized spacial score (nSPS) is 16.1. The molecule has 0 spiro atoms. The lowest BCUT2D eigenvalue weighted by atomic mass is 10.1. The minimum absolute atomic E-state index is 0.0675. The summed E-state index contributed by atoms with van der Waals surface area (Å²) >= 11 is 0. The fraction of sp³-hybridized carbons (Fsp3) is 0.462. The second-order valence-corrected chi connectivity index (χ2v) is 4.51. The number of aliphatic hydroxyl groups is 1. The van der Waals surface area contributed by atoms with E-state index < -0.39 is 12.2 Å². The summed E-state index contributed by atoms with van der Waals surface area (Å²) in [5, 5.41) is 12.0. The first-order chi connectivity index (χ1) is 8.69. The van der Waals surface area contributed by atoms with Crippen molar-refractivity contribution >= 4 is 6.09 Å². The molecule has 98 valence electrons. The fourth-order valence-electron chi connectivity index (χ4n) is 2.11. The number of amides is 1. The summed E-state index contributed by atoms with van der Waals surface area (Å²) in [5.74, 6) is 0. The molecule has 0 fully saturated rings. The third-order valence-electron chi connectivity index (χ3n) is 3.05. The van der Waals surface area contributed by atoms with Crippen molar-refractivity contribution in [2.75, 3.05) is 13.2 Å². The van der Waals surface area contributed by atoms with Gasteiger partial charge in [-0.15, -0.1) is 0 Å². The Balaban J connectivity index is 1.77. The minimum atomic E-state index is -0.795. The highest BCUT2D eigenvalue weighted by Crippen LogP contribution is 2.21. The molecular weight excluding hydrogens is 232 g/mol. The molecule has 2 rings (SSSR count). The van der Waals surface area contributed by atoms with Crippen molar-refractivity contribution in [2.45, 2.75) is 25.0 Å². The molecule has 0 heterocycles. The lowest BCUT2D eigenvalue weighted by Gasteiger charge is -2.13. The van der Waals surface area contributed by atoms with Gasteiger partial charge in [0.15, 0.2) is 0 Å². The Morgan fingerprint density at radius 3 is 2.61 bits per heavy atom. The number of carbonyl (C=O) groups excluding carboxylic acids is 1. The Labute approximate surface area is 106 Å². The first-order valence-corrected chi connectivity index (χ1v) is 6.07. The topological polar surface area (TPSA) is 84.6 Å². The molecule has 0 saturated carbocycles. The van der Waals surface area contributed by atoms with E-state index in [9.17, 15) is 9.90 Å². The molecule has 5 heteroatoms. The summed E-state index contributed by atoms with van der Waals surface area (Å²) in [4.78, 5) is 11.5. The van der Waals surface area contributed by atoms with Crippen molar-refractivity contribution in [1.29, 1.82) is 0 Å². The van der Waals surface area contributed by atoms with Crippen LogP contribution in [0.15, 0.2) is 24.3 Å². The zero-order valence-electron chi connectivity index (χ0n) is 10.1. The number of fused-ring (bicyclic) bond motifs is 1. The lowest BCUT2D eigenvalue weighted by Crippen LogP contribution is -2.37. The van der Waals surface area contributed by atoms with Crippen LogP contribution in [-0.4, -0.2) is 36.5 Å². The number of nitrogens with one attached hydrogen (secondary N) is 1. The van der Waals surface area contributed by atoms with E-state index in [2.05, 4.69) is 17.4 Å². The third kappa shape index (κ3) is 3.21. The Hall–Kier alpha value is -1.59. The van der Waals surface area contributed by atoms with Crippen molar-refractivity contribution in [2.24, 2.45) is 5.73 Å². The van der Waals surface area contributed by atoms with Gasteiger partial charge in [0.05, 0.1) is 0 Å². The van der Waals surface area contributed by atoms with Gasteiger partial charge in [0.1, 0.15) is 12.7 Å². The van der Waals surface area contributed by atoms with Crippen LogP contribution in [0.1, 0.15) is 11.1 Å². The number of benzene rings is 1. The highest BCUT2D eigenvalue weighted by atomic mass is 16.6. The summed E-state index contributed by atoms with van der Waals surface area (Å²) in [7, 11) is 0. The number of carbonyl (C=O) groups is 1. The Kier molecular flexibility index (Phi) is 4.17. The zero-order chi connectivity index (χ0) is 13.0. The van der Waals surface area contributed by atoms with Gasteiger partial charge in [0.2, 0.25) is 0 Å². The molecule has 5 nitrogen and oxygen atoms in total. The Morgan fingerprint density at radius 1 is 1.44 bits per heavy atom. The van der Waals surface area contributed by atoms with Crippen molar-refractivity contribution in [3.05, 3.63) is 35.4 Å². The van der Waals surface area contributed by atoms with E-state index >= 15 is 0 Å². The van der Waals surface area contributed by atoms with Gasteiger partial charge in [-0.05, 0) is 24.0 Å². The fourth-order valence-corrected chi connectivity index (χ4v) is 2.11. The predicted octanol–water partition coefficient (Wildman–Crippen LogP) is 0.200. The molecule has 0 aromatic heterocycles. The van der Waals surface area contributed by atoms with Crippen LogP contribution in [0.3, 0.4) is 0 Å². The summed E-state index contributed by atoms with van der Waals surface area (Å²) in [5.41, 5.74) is 7.75. The quantitative estimate of drug-likeness (QED) is 0.712. The minimum Gasteiger partial charge on any atom is -0.447 e. The SMILES string of the molecule is NCC(O)COC(=O)NC1Cc2ccccc2C1. The van der Waals surface area contributed by atoms with Crippen LogP contribution < -0.4 is 11.1 Å². The van der Waals surface area contributed by atoms with Crippen LogP contribution in [0.2, 0.25) is 0 Å². The van der Waals surface area contributed by atoms with Crippen molar-refractivity contribution in [1.82, 2.24) is 5.32 Å². The molecule has 4 N–H and O–H groups in total. The largest absolute Gasteiger partial charge is 0.447 e. The van der Waals surface area contributed by atoms with Gasteiger partial charge in [-0.25, -0.2) is 4.79 Å². The number of ether oxygens (including phenoxy) is 1. The van der Waals surface area contributed by atoms with Gasteiger partial charge >= 0.3 is 6.09 Å². The molecule has 18 heavy (non-hydrogen) atoms. The van der Waals surface area contributed by atoms with Crippen LogP contribution in [0.4, 0.5) is 4.79 Å². The average Bonchev–Trinajstić information content (AvgIpc) is 2.77. The lowest BCUT2D eigenvalue weighted by molar-refractivity contribution is 0.0713. The van der Waals surface area contributed by atoms with Gasteiger partial charge in [-0.1, -0.05) is 24.3 Å². The van der Waals surface area contributed by atoms with Crippen LogP contribution in [0.5, 0.6) is 0 Å². The van der Waals surface area contributed by atoms with E-state index in [0.29, 0.717) is 0 Å². The van der Waals surface area contributed by atoms with Gasteiger partial charge in [0.25, 0.3) is 0 Å². The maximum atomic E-state index is 11.5. The number of alkyl carbamates (subject to hydrolysis) is 1. The predicted molar refractivity (Wildman–Crippen MR) is 67.2 cm³/mol. The van der Waals surface area contributed by atoms with E-state index in [4.69, 9.17) is 10.5 Å². The van der Waals surface area contributed by atoms with Crippen molar-refractivity contribution < 1.29 is 14.6 Å². The first-order valence-electron chi connectivity index (χ1n) is 6.07. The molecule has 0 bridgehead atoms. The maximum Gasteiger partial charge on any atom is 0.407 e. The van der Waals surface area contributed by atoms with Crippen molar-refractivity contribution in [3.63, 3.8) is 0 Å². The molecule has 1 unspecified atom stereocenters. The first kappa shape index (κ1) is 12.9. The Morgan fingerprint density at radius 2 is 2.06 bits per heavy atom. The second-order valence-electron chi connectivity index (χ2n) is 4.51. The molecule has 1 atom stereocenters. The zero-order valence-corrected chi connectivity index (χ0v) is 10.1. The number of hydrogen-bond donors (Lipinski definition) is 3. The van der Waals surface area contributed by atoms with E-state index in [1.165, 1.54) is 11.1 Å². The average molecular weight is 250 g/mol. The number of nitrogens with two attached hydrogens (primary N) is 1. The van der Waals surface area contributed by atoms with Crippen LogP contribution >= 0.6 is 0 Å². The van der Waals surface area contributed by atoms with Gasteiger partial charge in [-0.2, -0.15) is 0 Å². The molecule has 1 aliphatic rings. The summed E-state index contributed by atoms with van der Waals surface area (Å²) in [6.45, 7) is 0.0180. The van der Waals surface area contributed by atoms with Gasteiger partial charge in [0, 0.05) is 12.6 Å².